The van der Waals surface area contributed by atoms with E-state index in [0.717, 1.165) is 38.2 Å². The van der Waals surface area contributed by atoms with E-state index in [1.165, 1.54) is 12.8 Å². The molecule has 19 heavy (non-hydrogen) atoms. The zero-order chi connectivity index (χ0) is 14.5. The van der Waals surface area contributed by atoms with Crippen molar-refractivity contribution in [1.29, 1.82) is 0 Å². The normalized spacial score (nSPS) is 30.0. The minimum Gasteiger partial charge on any atom is -0.389 e. The summed E-state index contributed by atoms with van der Waals surface area (Å²) in [5, 5.41) is 10.1. The number of aliphatic hydroxyl groups is 1. The van der Waals surface area contributed by atoms with E-state index >= 15 is 0 Å². The second-order valence-electron chi connectivity index (χ2n) is 7.29. The van der Waals surface area contributed by atoms with E-state index < -0.39 is 5.60 Å². The second-order valence-corrected chi connectivity index (χ2v) is 7.29. The molecule has 1 rings (SSSR count). The Bertz CT molecular complexity index is 261. The third kappa shape index (κ3) is 5.80. The van der Waals surface area contributed by atoms with Crippen LogP contribution in [-0.4, -0.2) is 30.0 Å². The molecule has 0 aromatic rings. The zero-order valence-electron chi connectivity index (χ0n) is 13.2. The molecule has 0 amide bonds. The molecule has 0 aromatic heterocycles. The lowest BCUT2D eigenvalue weighted by molar-refractivity contribution is -0.0335. The smallest absolute Gasteiger partial charge is 0.0767 e. The average molecular weight is 271 g/mol. The molecule has 0 spiro atoms. The van der Waals surface area contributed by atoms with Crippen LogP contribution in [-0.2, 0) is 4.74 Å². The molecule has 0 aromatic carbocycles. The van der Waals surface area contributed by atoms with Gasteiger partial charge in [-0.15, -0.1) is 0 Å². The SMILES string of the molecule is CCC(O)(CN)CCCOC1CC(C)CC(C)(C)C1. The molecular weight excluding hydrogens is 238 g/mol. The lowest BCUT2D eigenvalue weighted by atomic mass is 9.71. The molecular formula is C16H33NO2. The number of hydrogen-bond donors (Lipinski definition) is 2. The third-order valence-corrected chi connectivity index (χ3v) is 4.52. The molecule has 0 aliphatic heterocycles. The molecule has 0 bridgehead atoms. The van der Waals surface area contributed by atoms with E-state index in [0.29, 0.717) is 18.1 Å². The summed E-state index contributed by atoms with van der Waals surface area (Å²) in [6, 6.07) is 0. The summed E-state index contributed by atoms with van der Waals surface area (Å²) in [5.74, 6) is 0.755. The molecule has 1 aliphatic carbocycles. The predicted octanol–water partition coefficient (Wildman–Crippen LogP) is 3.10. The van der Waals surface area contributed by atoms with Crippen LogP contribution in [0, 0.1) is 11.3 Å². The number of nitrogens with two attached hydrogens (primary N) is 1. The van der Waals surface area contributed by atoms with E-state index in [1.54, 1.807) is 0 Å². The molecule has 3 nitrogen and oxygen atoms in total. The van der Waals surface area contributed by atoms with Gasteiger partial charge in [0.1, 0.15) is 0 Å². The average Bonchev–Trinajstić information content (AvgIpc) is 2.32. The quantitative estimate of drug-likeness (QED) is 0.700. The van der Waals surface area contributed by atoms with E-state index in [4.69, 9.17) is 10.5 Å². The maximum atomic E-state index is 10.1. The van der Waals surface area contributed by atoms with Crippen LogP contribution in [0.1, 0.15) is 66.2 Å². The van der Waals surface area contributed by atoms with Crippen molar-refractivity contribution in [3.05, 3.63) is 0 Å². The number of rotatable bonds is 7. The molecule has 3 atom stereocenters. The second kappa shape index (κ2) is 7.05. The maximum absolute atomic E-state index is 10.1. The fourth-order valence-electron chi connectivity index (χ4n) is 3.46. The first-order valence-electron chi connectivity index (χ1n) is 7.84. The van der Waals surface area contributed by atoms with Gasteiger partial charge in [-0.05, 0) is 49.9 Å². The van der Waals surface area contributed by atoms with Gasteiger partial charge in [0.2, 0.25) is 0 Å². The van der Waals surface area contributed by atoms with Crippen LogP contribution in [0.15, 0.2) is 0 Å². The molecule has 0 heterocycles. The zero-order valence-corrected chi connectivity index (χ0v) is 13.2. The van der Waals surface area contributed by atoms with E-state index in [2.05, 4.69) is 20.8 Å². The van der Waals surface area contributed by atoms with Crippen molar-refractivity contribution in [2.24, 2.45) is 17.1 Å². The van der Waals surface area contributed by atoms with E-state index in [9.17, 15) is 5.11 Å². The van der Waals surface area contributed by atoms with Gasteiger partial charge in [-0.25, -0.2) is 0 Å². The molecule has 0 radical (unpaired) electrons. The van der Waals surface area contributed by atoms with Crippen LogP contribution >= 0.6 is 0 Å². The van der Waals surface area contributed by atoms with Crippen LogP contribution in [0.2, 0.25) is 0 Å². The Morgan fingerprint density at radius 3 is 2.58 bits per heavy atom. The summed E-state index contributed by atoms with van der Waals surface area (Å²) in [6.45, 7) is 10.1. The highest BCUT2D eigenvalue weighted by Crippen LogP contribution is 2.39. The first kappa shape index (κ1) is 16.9. The Balaban J connectivity index is 2.26. The van der Waals surface area contributed by atoms with Gasteiger partial charge in [-0.2, -0.15) is 0 Å². The molecule has 3 unspecified atom stereocenters. The Hall–Kier alpha value is -0.120. The van der Waals surface area contributed by atoms with Crippen molar-refractivity contribution in [3.8, 4) is 0 Å². The highest BCUT2D eigenvalue weighted by molar-refractivity contribution is 4.83. The lowest BCUT2D eigenvalue weighted by Gasteiger charge is -2.39. The summed E-state index contributed by atoms with van der Waals surface area (Å²) < 4.78 is 6.02. The minimum absolute atomic E-state index is 0.344. The maximum Gasteiger partial charge on any atom is 0.0767 e. The minimum atomic E-state index is -0.692. The van der Waals surface area contributed by atoms with Gasteiger partial charge in [-0.1, -0.05) is 27.7 Å². The first-order valence-corrected chi connectivity index (χ1v) is 7.84. The summed E-state index contributed by atoms with van der Waals surface area (Å²) in [6.07, 6.45) is 6.39. The Morgan fingerprint density at radius 1 is 1.37 bits per heavy atom. The highest BCUT2D eigenvalue weighted by Gasteiger charge is 2.32. The fourth-order valence-corrected chi connectivity index (χ4v) is 3.46. The van der Waals surface area contributed by atoms with Gasteiger partial charge in [-0.3, -0.25) is 0 Å². The topological polar surface area (TPSA) is 55.5 Å². The monoisotopic (exact) mass is 271 g/mol. The third-order valence-electron chi connectivity index (χ3n) is 4.52. The standard InChI is InChI=1S/C16H33NO2/c1-5-16(18,12-17)7-6-8-19-14-9-13(2)10-15(3,4)11-14/h13-14,18H,5-12,17H2,1-4H3. The molecule has 1 saturated carbocycles. The first-order chi connectivity index (χ1) is 8.80. The lowest BCUT2D eigenvalue weighted by Crippen LogP contribution is -2.37. The van der Waals surface area contributed by atoms with E-state index in [1.807, 2.05) is 6.92 Å². The van der Waals surface area contributed by atoms with Crippen LogP contribution < -0.4 is 5.73 Å². The molecule has 114 valence electrons. The summed E-state index contributed by atoms with van der Waals surface area (Å²) >= 11 is 0. The largest absolute Gasteiger partial charge is 0.389 e. The van der Waals surface area contributed by atoms with Crippen molar-refractivity contribution in [1.82, 2.24) is 0 Å². The van der Waals surface area contributed by atoms with Crippen LogP contribution in [0.4, 0.5) is 0 Å². The molecule has 1 fully saturated rings. The Kier molecular flexibility index (Phi) is 6.28. The van der Waals surface area contributed by atoms with E-state index in [-0.39, 0.29) is 0 Å². The van der Waals surface area contributed by atoms with Gasteiger partial charge in [0.05, 0.1) is 11.7 Å². The highest BCUT2D eigenvalue weighted by atomic mass is 16.5. The van der Waals surface area contributed by atoms with Gasteiger partial charge in [0, 0.05) is 13.2 Å². The molecule has 3 heteroatoms. The Morgan fingerprint density at radius 2 is 2.05 bits per heavy atom. The van der Waals surface area contributed by atoms with Gasteiger partial charge < -0.3 is 15.6 Å². The molecule has 3 N–H and O–H groups in total. The summed E-state index contributed by atoms with van der Waals surface area (Å²) in [5.41, 5.74) is 5.32. The van der Waals surface area contributed by atoms with Gasteiger partial charge in [0.15, 0.2) is 0 Å². The van der Waals surface area contributed by atoms with Crippen LogP contribution in [0.25, 0.3) is 0 Å². The van der Waals surface area contributed by atoms with Gasteiger partial charge >= 0.3 is 0 Å². The van der Waals surface area contributed by atoms with Crippen LogP contribution in [0.3, 0.4) is 0 Å². The van der Waals surface area contributed by atoms with Crippen molar-refractivity contribution >= 4 is 0 Å². The fraction of sp³-hybridized carbons (Fsp3) is 1.00. The van der Waals surface area contributed by atoms with Crippen molar-refractivity contribution < 1.29 is 9.84 Å². The summed E-state index contributed by atoms with van der Waals surface area (Å²) in [7, 11) is 0. The summed E-state index contributed by atoms with van der Waals surface area (Å²) in [4.78, 5) is 0. The number of hydrogen-bond acceptors (Lipinski definition) is 3. The van der Waals surface area contributed by atoms with Gasteiger partial charge in [0.25, 0.3) is 0 Å². The Labute approximate surface area is 118 Å². The van der Waals surface area contributed by atoms with Crippen molar-refractivity contribution in [3.63, 3.8) is 0 Å². The van der Waals surface area contributed by atoms with Crippen molar-refractivity contribution in [2.75, 3.05) is 13.2 Å². The molecule has 1 aliphatic rings. The van der Waals surface area contributed by atoms with Crippen LogP contribution in [0.5, 0.6) is 0 Å². The van der Waals surface area contributed by atoms with Crippen molar-refractivity contribution in [2.45, 2.75) is 77.9 Å². The predicted molar refractivity (Wildman–Crippen MR) is 80.1 cm³/mol. The number of ether oxygens (including phenoxy) is 1. The molecule has 0 saturated heterocycles.